The summed E-state index contributed by atoms with van der Waals surface area (Å²) < 4.78 is 34.1. The summed E-state index contributed by atoms with van der Waals surface area (Å²) in [6.45, 7) is 9.29. The van der Waals surface area contributed by atoms with E-state index in [2.05, 4.69) is 37.7 Å². The number of aromatic hydroxyl groups is 1. The summed E-state index contributed by atoms with van der Waals surface area (Å²) in [4.78, 5) is 12.3. The van der Waals surface area contributed by atoms with Crippen molar-refractivity contribution in [2.24, 2.45) is 22.7 Å². The van der Waals surface area contributed by atoms with Gasteiger partial charge in [-0.15, -0.1) is 0 Å². The molecule has 2 heterocycles. The molecule has 1 aromatic rings. The van der Waals surface area contributed by atoms with Gasteiger partial charge in [-0.1, -0.05) is 27.7 Å². The zero-order valence-electron chi connectivity index (χ0n) is 19.5. The van der Waals surface area contributed by atoms with Gasteiger partial charge in [-0.3, -0.25) is 4.79 Å². The number of phenolic OH excluding ortho intramolecular Hbond substituents is 1. The van der Waals surface area contributed by atoms with E-state index in [0.717, 1.165) is 30.4 Å². The lowest BCUT2D eigenvalue weighted by Gasteiger charge is -2.67. The van der Waals surface area contributed by atoms with Crippen molar-refractivity contribution in [3.05, 3.63) is 22.8 Å². The van der Waals surface area contributed by atoms with E-state index < -0.39 is 15.6 Å². The highest BCUT2D eigenvalue weighted by atomic mass is 32.2. The summed E-state index contributed by atoms with van der Waals surface area (Å²) in [6.07, 6.45) is 5.33. The number of carbonyl (C=O) groups is 1. The Labute approximate surface area is 190 Å². The van der Waals surface area contributed by atoms with E-state index in [1.807, 2.05) is 0 Å². The summed E-state index contributed by atoms with van der Waals surface area (Å²) >= 11 is 0. The number of hydrogen-bond acceptors (Lipinski definition) is 5. The van der Waals surface area contributed by atoms with E-state index in [-0.39, 0.29) is 34.4 Å². The third kappa shape index (κ3) is 2.81. The van der Waals surface area contributed by atoms with Crippen LogP contribution in [0.2, 0.25) is 0 Å². The average Bonchev–Trinajstić information content (AvgIpc) is 3.04. The van der Waals surface area contributed by atoms with Crippen molar-refractivity contribution in [1.29, 1.82) is 0 Å². The van der Waals surface area contributed by atoms with Crippen LogP contribution in [0.4, 0.5) is 0 Å². The SMILES string of the molecule is C[C@H]1CC[C@H]2C(C)(C)[C@H](NS(C)(=O)=O)CC[C@]23Oc2c(c(O)cc4c2CNC4=O)C[C@]13C. The van der Waals surface area contributed by atoms with E-state index >= 15 is 0 Å². The Bertz CT molecular complexity index is 1110. The molecule has 5 atom stereocenters. The monoisotopic (exact) mass is 462 g/mol. The van der Waals surface area contributed by atoms with Crippen molar-refractivity contribution >= 4 is 15.9 Å². The Morgan fingerprint density at radius 1 is 1.19 bits per heavy atom. The normalized spacial score (nSPS) is 37.4. The van der Waals surface area contributed by atoms with Gasteiger partial charge >= 0.3 is 0 Å². The molecule has 5 rings (SSSR count). The Hall–Kier alpha value is -1.80. The molecule has 0 unspecified atom stereocenters. The van der Waals surface area contributed by atoms with E-state index in [4.69, 9.17) is 4.74 Å². The quantitative estimate of drug-likeness (QED) is 0.626. The van der Waals surface area contributed by atoms with Gasteiger partial charge in [-0.25, -0.2) is 13.1 Å². The number of hydrogen-bond donors (Lipinski definition) is 3. The van der Waals surface area contributed by atoms with Crippen molar-refractivity contribution in [2.45, 2.75) is 78.0 Å². The van der Waals surface area contributed by atoms with Gasteiger partial charge in [-0.05, 0) is 49.5 Å². The van der Waals surface area contributed by atoms with Gasteiger partial charge in [0.2, 0.25) is 10.0 Å². The maximum absolute atomic E-state index is 12.3. The molecule has 2 aliphatic heterocycles. The van der Waals surface area contributed by atoms with Crippen LogP contribution in [0.3, 0.4) is 0 Å². The van der Waals surface area contributed by atoms with Crippen molar-refractivity contribution in [2.75, 3.05) is 6.26 Å². The van der Waals surface area contributed by atoms with E-state index in [1.54, 1.807) is 6.07 Å². The van der Waals surface area contributed by atoms with Crippen molar-refractivity contribution in [1.82, 2.24) is 10.0 Å². The van der Waals surface area contributed by atoms with Gasteiger partial charge in [0.1, 0.15) is 17.1 Å². The summed E-state index contributed by atoms with van der Waals surface area (Å²) in [5, 5.41) is 13.7. The molecular formula is C24H34N2O5S. The number of nitrogens with one attached hydrogen (secondary N) is 2. The van der Waals surface area contributed by atoms with E-state index in [9.17, 15) is 18.3 Å². The molecule has 3 N–H and O–H groups in total. The van der Waals surface area contributed by atoms with Gasteiger partial charge in [-0.2, -0.15) is 0 Å². The number of fused-ring (bicyclic) bond motifs is 3. The van der Waals surface area contributed by atoms with E-state index in [1.165, 1.54) is 6.26 Å². The molecule has 1 aromatic carbocycles. The number of rotatable bonds is 2. The van der Waals surface area contributed by atoms with Crippen LogP contribution in [0.25, 0.3) is 0 Å². The second-order valence-electron chi connectivity index (χ2n) is 11.3. The zero-order chi connectivity index (χ0) is 23.3. The summed E-state index contributed by atoms with van der Waals surface area (Å²) in [7, 11) is -3.33. The minimum absolute atomic E-state index is 0.132. The molecule has 0 bridgehead atoms. The molecule has 7 nitrogen and oxygen atoms in total. The second-order valence-corrected chi connectivity index (χ2v) is 13.1. The lowest BCUT2D eigenvalue weighted by Crippen LogP contribution is -2.71. The van der Waals surface area contributed by atoms with Crippen LogP contribution in [0, 0.1) is 22.7 Å². The molecule has 0 saturated heterocycles. The number of ether oxygens (including phenoxy) is 1. The Kier molecular flexibility index (Phi) is 4.56. The highest BCUT2D eigenvalue weighted by Gasteiger charge is 2.68. The molecule has 4 aliphatic rings. The summed E-state index contributed by atoms with van der Waals surface area (Å²) in [5.74, 6) is 1.14. The molecule has 2 aliphatic carbocycles. The first-order valence-electron chi connectivity index (χ1n) is 11.6. The fourth-order valence-corrected chi connectivity index (χ4v) is 8.38. The van der Waals surface area contributed by atoms with Crippen LogP contribution in [0.1, 0.15) is 74.9 Å². The topological polar surface area (TPSA) is 105 Å². The maximum atomic E-state index is 12.3. The number of carbonyl (C=O) groups excluding carboxylic acids is 1. The van der Waals surface area contributed by atoms with Gasteiger partial charge in [0, 0.05) is 35.0 Å². The Morgan fingerprint density at radius 3 is 2.59 bits per heavy atom. The molecule has 0 radical (unpaired) electrons. The molecule has 2 saturated carbocycles. The lowest BCUT2D eigenvalue weighted by atomic mass is 9.43. The summed E-state index contributed by atoms with van der Waals surface area (Å²) in [6, 6.07) is 1.43. The highest BCUT2D eigenvalue weighted by Crippen LogP contribution is 2.66. The average molecular weight is 463 g/mol. The molecule has 2 fully saturated rings. The highest BCUT2D eigenvalue weighted by molar-refractivity contribution is 7.88. The minimum Gasteiger partial charge on any atom is -0.508 e. The predicted molar refractivity (Wildman–Crippen MR) is 121 cm³/mol. The smallest absolute Gasteiger partial charge is 0.252 e. The third-order valence-electron chi connectivity index (χ3n) is 9.42. The standard InChI is InChI=1S/C24H34N2O5S/c1-13-6-7-18-22(2,3)19(26-32(5,29)30)8-9-24(18)23(13,4)11-15-17(27)10-14-16(20(15)31-24)12-25-21(14)28/h10,13,18-19,26-27H,6-9,11-12H2,1-5H3,(H,25,28)/t13-,18-,19+,23+,24-/m0/s1. The Balaban J connectivity index is 1.66. The van der Waals surface area contributed by atoms with Crippen LogP contribution in [-0.2, 0) is 23.0 Å². The first kappa shape index (κ1) is 22.0. The first-order valence-corrected chi connectivity index (χ1v) is 13.5. The van der Waals surface area contributed by atoms with Crippen LogP contribution in [-0.4, -0.2) is 37.3 Å². The molecule has 32 heavy (non-hydrogen) atoms. The minimum atomic E-state index is -3.33. The Morgan fingerprint density at radius 2 is 1.91 bits per heavy atom. The van der Waals surface area contributed by atoms with Gasteiger partial charge in [0.25, 0.3) is 5.91 Å². The van der Waals surface area contributed by atoms with E-state index in [0.29, 0.717) is 36.6 Å². The number of phenols is 1. The fourth-order valence-electron chi connectivity index (χ4n) is 7.44. The van der Waals surface area contributed by atoms with Crippen molar-refractivity contribution < 1.29 is 23.1 Å². The fraction of sp³-hybridized carbons (Fsp3) is 0.708. The number of benzene rings is 1. The maximum Gasteiger partial charge on any atom is 0.252 e. The molecule has 176 valence electrons. The molecular weight excluding hydrogens is 428 g/mol. The van der Waals surface area contributed by atoms with Gasteiger partial charge < -0.3 is 15.2 Å². The molecule has 8 heteroatoms. The van der Waals surface area contributed by atoms with Crippen LogP contribution in [0.5, 0.6) is 11.5 Å². The number of amides is 1. The summed E-state index contributed by atoms with van der Waals surface area (Å²) in [5.41, 5.74) is 1.13. The van der Waals surface area contributed by atoms with Crippen molar-refractivity contribution in [3.8, 4) is 11.5 Å². The van der Waals surface area contributed by atoms with Crippen molar-refractivity contribution in [3.63, 3.8) is 0 Å². The van der Waals surface area contributed by atoms with Crippen LogP contribution in [0.15, 0.2) is 6.07 Å². The molecule has 0 aromatic heterocycles. The largest absolute Gasteiger partial charge is 0.508 e. The third-order valence-corrected chi connectivity index (χ3v) is 10.1. The first-order chi connectivity index (χ1) is 14.8. The lowest BCUT2D eigenvalue weighted by molar-refractivity contribution is -0.215. The van der Waals surface area contributed by atoms with Gasteiger partial charge in [0.05, 0.1) is 11.8 Å². The van der Waals surface area contributed by atoms with Gasteiger partial charge in [0.15, 0.2) is 0 Å². The number of sulfonamides is 1. The van der Waals surface area contributed by atoms with Crippen LogP contribution < -0.4 is 14.8 Å². The second kappa shape index (κ2) is 6.63. The molecule has 1 amide bonds. The zero-order valence-corrected chi connectivity index (χ0v) is 20.4. The predicted octanol–water partition coefficient (Wildman–Crippen LogP) is 3.10. The molecule has 1 spiro atoms. The van der Waals surface area contributed by atoms with Crippen LogP contribution >= 0.6 is 0 Å².